The molecule has 1 nitrogen and oxygen atoms in total. The number of hydrogen-bond donors (Lipinski definition) is 0. The molecule has 0 saturated carbocycles. The van der Waals surface area contributed by atoms with Gasteiger partial charge in [0.05, 0.1) is 6.61 Å². The smallest absolute Gasteiger partial charge is 0.119 e. The van der Waals surface area contributed by atoms with Crippen molar-refractivity contribution in [3.8, 4) is 5.75 Å². The third-order valence-corrected chi connectivity index (χ3v) is 5.01. The van der Waals surface area contributed by atoms with Gasteiger partial charge < -0.3 is 4.74 Å². The lowest BCUT2D eigenvalue weighted by molar-refractivity contribution is 0.304. The summed E-state index contributed by atoms with van der Waals surface area (Å²) < 4.78 is 6.96. The average Bonchev–Trinajstić information content (AvgIpc) is 2.67. The van der Waals surface area contributed by atoms with Crippen LogP contribution in [0.4, 0.5) is 0 Å². The largest absolute Gasteiger partial charge is 0.494 e. The van der Waals surface area contributed by atoms with E-state index in [2.05, 4.69) is 83.5 Å². The molecule has 0 N–H and O–H groups in total. The lowest BCUT2D eigenvalue weighted by Gasteiger charge is -2.06. The minimum atomic E-state index is 0.822. The van der Waals surface area contributed by atoms with E-state index >= 15 is 0 Å². The molecule has 26 heavy (non-hydrogen) atoms. The van der Waals surface area contributed by atoms with E-state index in [1.165, 1.54) is 56.1 Å². The fourth-order valence-corrected chi connectivity index (χ4v) is 3.13. The van der Waals surface area contributed by atoms with E-state index in [9.17, 15) is 0 Å². The van der Waals surface area contributed by atoms with Crippen molar-refractivity contribution in [3.05, 3.63) is 64.1 Å². The molecule has 0 aliphatic heterocycles. The van der Waals surface area contributed by atoms with Crippen molar-refractivity contribution in [1.82, 2.24) is 0 Å². The van der Waals surface area contributed by atoms with Gasteiger partial charge in [-0.25, -0.2) is 0 Å². The van der Waals surface area contributed by atoms with Gasteiger partial charge in [0.1, 0.15) is 5.75 Å². The van der Waals surface area contributed by atoms with Crippen molar-refractivity contribution in [1.29, 1.82) is 0 Å². The lowest BCUT2D eigenvalue weighted by atomic mass is 10.1. The summed E-state index contributed by atoms with van der Waals surface area (Å²) in [6.45, 7) is 3.09. The molecule has 0 bridgehead atoms. The van der Waals surface area contributed by atoms with E-state index in [0.29, 0.717) is 0 Å². The quantitative estimate of drug-likeness (QED) is 0.251. The molecule has 0 fully saturated rings. The van der Waals surface area contributed by atoms with Gasteiger partial charge in [0.25, 0.3) is 0 Å². The molecule has 0 aliphatic carbocycles. The average molecular weight is 415 g/mol. The minimum Gasteiger partial charge on any atom is -0.494 e. The molecule has 0 aromatic heterocycles. The zero-order chi connectivity index (χ0) is 18.5. The standard InChI is InChI=1S/C24H31BrO/c1-2-3-4-5-6-7-8-9-20-26-24-18-14-22(15-19-24)11-10-21-12-16-23(25)17-13-21/h10-19H,2-9,20H2,1H3/b11-10+. The fraction of sp³-hybridized carbons (Fsp3) is 0.417. The summed E-state index contributed by atoms with van der Waals surface area (Å²) in [6, 6.07) is 16.7. The van der Waals surface area contributed by atoms with Crippen LogP contribution in [0.2, 0.25) is 0 Å². The number of rotatable bonds is 12. The Labute approximate surface area is 167 Å². The van der Waals surface area contributed by atoms with E-state index in [-0.39, 0.29) is 0 Å². The molecule has 0 aliphatic rings. The van der Waals surface area contributed by atoms with Crippen molar-refractivity contribution >= 4 is 28.1 Å². The third kappa shape index (κ3) is 8.71. The molecular weight excluding hydrogens is 384 g/mol. The van der Waals surface area contributed by atoms with Crippen LogP contribution in [0.25, 0.3) is 12.2 Å². The second-order valence-electron chi connectivity index (χ2n) is 6.78. The second kappa shape index (κ2) is 12.8. The SMILES string of the molecule is CCCCCCCCCCOc1ccc(/C=C/c2ccc(Br)cc2)cc1. The van der Waals surface area contributed by atoms with Crippen molar-refractivity contribution in [2.45, 2.75) is 58.3 Å². The molecule has 2 aromatic carbocycles. The van der Waals surface area contributed by atoms with E-state index in [1.54, 1.807) is 0 Å². The van der Waals surface area contributed by atoms with Gasteiger partial charge in [-0.2, -0.15) is 0 Å². The van der Waals surface area contributed by atoms with Gasteiger partial charge in [0, 0.05) is 4.47 Å². The topological polar surface area (TPSA) is 9.23 Å². The summed E-state index contributed by atoms with van der Waals surface area (Å²) in [4.78, 5) is 0. The molecule has 0 saturated heterocycles. The van der Waals surface area contributed by atoms with Crippen LogP contribution in [0.1, 0.15) is 69.4 Å². The van der Waals surface area contributed by atoms with Crippen LogP contribution in [-0.2, 0) is 0 Å². The molecule has 2 aromatic rings. The Morgan fingerprint density at radius 1 is 0.692 bits per heavy atom. The van der Waals surface area contributed by atoms with Crippen LogP contribution >= 0.6 is 15.9 Å². The number of unbranched alkanes of at least 4 members (excludes halogenated alkanes) is 7. The Hall–Kier alpha value is -1.54. The van der Waals surface area contributed by atoms with Gasteiger partial charge in [0.15, 0.2) is 0 Å². The predicted molar refractivity (Wildman–Crippen MR) is 118 cm³/mol. The Balaban J connectivity index is 1.62. The highest BCUT2D eigenvalue weighted by Gasteiger charge is 1.96. The summed E-state index contributed by atoms with van der Waals surface area (Å²) >= 11 is 3.46. The first-order valence-corrected chi connectivity index (χ1v) is 10.7. The summed E-state index contributed by atoms with van der Waals surface area (Å²) in [6.07, 6.45) is 14.9. The highest BCUT2D eigenvalue weighted by molar-refractivity contribution is 9.10. The molecule has 0 radical (unpaired) electrons. The van der Waals surface area contributed by atoms with Gasteiger partial charge in [0.2, 0.25) is 0 Å². The molecule has 0 spiro atoms. The highest BCUT2D eigenvalue weighted by Crippen LogP contribution is 2.17. The minimum absolute atomic E-state index is 0.822. The Morgan fingerprint density at radius 3 is 1.77 bits per heavy atom. The molecule has 2 heteroatoms. The monoisotopic (exact) mass is 414 g/mol. The summed E-state index contributed by atoms with van der Waals surface area (Å²) in [5.74, 6) is 0.966. The van der Waals surface area contributed by atoms with Crippen LogP contribution in [-0.4, -0.2) is 6.61 Å². The molecule has 140 valence electrons. The maximum atomic E-state index is 5.85. The van der Waals surface area contributed by atoms with Crippen LogP contribution in [0.3, 0.4) is 0 Å². The van der Waals surface area contributed by atoms with Crippen LogP contribution < -0.4 is 4.74 Å². The van der Waals surface area contributed by atoms with E-state index < -0.39 is 0 Å². The van der Waals surface area contributed by atoms with Crippen molar-refractivity contribution in [3.63, 3.8) is 0 Å². The molecular formula is C24H31BrO. The Morgan fingerprint density at radius 2 is 1.19 bits per heavy atom. The molecule has 2 rings (SSSR count). The molecule has 0 unspecified atom stereocenters. The first-order valence-electron chi connectivity index (χ1n) is 9.94. The maximum absolute atomic E-state index is 5.85. The van der Waals surface area contributed by atoms with E-state index in [1.807, 2.05) is 0 Å². The summed E-state index contributed by atoms with van der Waals surface area (Å²) in [5, 5.41) is 0. The fourth-order valence-electron chi connectivity index (χ4n) is 2.87. The first kappa shape index (κ1) is 20.8. The van der Waals surface area contributed by atoms with Crippen LogP contribution in [0.5, 0.6) is 5.75 Å². The lowest BCUT2D eigenvalue weighted by Crippen LogP contribution is -1.97. The van der Waals surface area contributed by atoms with Gasteiger partial charge in [-0.3, -0.25) is 0 Å². The van der Waals surface area contributed by atoms with Crippen LogP contribution in [0.15, 0.2) is 53.0 Å². The van der Waals surface area contributed by atoms with Gasteiger partial charge >= 0.3 is 0 Å². The first-order chi connectivity index (χ1) is 12.8. The van der Waals surface area contributed by atoms with Gasteiger partial charge in [-0.1, -0.05) is 104 Å². The van der Waals surface area contributed by atoms with Crippen LogP contribution in [0, 0.1) is 0 Å². The van der Waals surface area contributed by atoms with Crippen molar-refractivity contribution in [2.75, 3.05) is 6.61 Å². The Bertz CT molecular complexity index is 628. The van der Waals surface area contributed by atoms with Gasteiger partial charge in [-0.05, 0) is 41.8 Å². The molecule has 0 heterocycles. The number of ether oxygens (including phenoxy) is 1. The Kier molecular flexibility index (Phi) is 10.2. The normalized spacial score (nSPS) is 11.2. The van der Waals surface area contributed by atoms with Gasteiger partial charge in [-0.15, -0.1) is 0 Å². The zero-order valence-corrected chi connectivity index (χ0v) is 17.5. The summed E-state index contributed by atoms with van der Waals surface area (Å²) in [5.41, 5.74) is 2.38. The number of halogens is 1. The molecule has 0 atom stereocenters. The van der Waals surface area contributed by atoms with E-state index in [4.69, 9.17) is 4.74 Å². The second-order valence-corrected chi connectivity index (χ2v) is 7.69. The maximum Gasteiger partial charge on any atom is 0.119 e. The van der Waals surface area contributed by atoms with Crippen molar-refractivity contribution in [2.24, 2.45) is 0 Å². The number of hydrogen-bond acceptors (Lipinski definition) is 1. The number of benzene rings is 2. The van der Waals surface area contributed by atoms with E-state index in [0.717, 1.165) is 23.2 Å². The summed E-state index contributed by atoms with van der Waals surface area (Å²) in [7, 11) is 0. The van der Waals surface area contributed by atoms with Crippen molar-refractivity contribution < 1.29 is 4.74 Å². The highest BCUT2D eigenvalue weighted by atomic mass is 79.9. The molecule has 0 amide bonds. The zero-order valence-electron chi connectivity index (χ0n) is 15.9. The third-order valence-electron chi connectivity index (χ3n) is 4.48. The predicted octanol–water partition coefficient (Wildman–Crippen LogP) is 8.14.